The van der Waals surface area contributed by atoms with Gasteiger partial charge in [0.05, 0.1) is 11.4 Å². The van der Waals surface area contributed by atoms with Crippen molar-refractivity contribution in [3.8, 4) is 0 Å². The van der Waals surface area contributed by atoms with Crippen LogP contribution in [0.2, 0.25) is 0 Å². The third kappa shape index (κ3) is 2.37. The van der Waals surface area contributed by atoms with E-state index in [1.807, 2.05) is 0 Å². The number of carboxylic acid groups (broad SMARTS) is 1. The molecule has 2 rings (SSSR count). The number of carbonyl (C=O) groups is 2. The number of nitrogens with one attached hydrogen (secondary N) is 1. The summed E-state index contributed by atoms with van der Waals surface area (Å²) in [5.41, 5.74) is 0. The van der Waals surface area contributed by atoms with Crippen molar-refractivity contribution < 1.29 is 23.1 Å². The molecule has 9 heteroatoms. The van der Waals surface area contributed by atoms with E-state index in [4.69, 9.17) is 5.11 Å². The van der Waals surface area contributed by atoms with Crippen LogP contribution in [-0.4, -0.2) is 49.3 Å². The molecule has 18 heavy (non-hydrogen) atoms. The van der Waals surface area contributed by atoms with Gasteiger partial charge in [0, 0.05) is 18.5 Å². The molecule has 2 heterocycles. The fourth-order valence-electron chi connectivity index (χ4n) is 1.54. The third-order valence-electron chi connectivity index (χ3n) is 2.43. The Hall–Kier alpha value is -1.45. The van der Waals surface area contributed by atoms with Crippen LogP contribution in [0.15, 0.2) is 16.3 Å². The first-order valence-corrected chi connectivity index (χ1v) is 7.32. The van der Waals surface area contributed by atoms with Gasteiger partial charge < -0.3 is 10.4 Å². The van der Waals surface area contributed by atoms with Crippen molar-refractivity contribution in [3.05, 3.63) is 16.3 Å². The summed E-state index contributed by atoms with van der Waals surface area (Å²) >= 11 is 0.843. The molecule has 1 aliphatic rings. The smallest absolute Gasteiger partial charge is 0.345 e. The Kier molecular flexibility index (Phi) is 3.37. The molecule has 0 radical (unpaired) electrons. The molecule has 1 aromatic rings. The molecule has 1 aliphatic heterocycles. The lowest BCUT2D eigenvalue weighted by atomic mass is 10.4. The largest absolute Gasteiger partial charge is 0.477 e. The average Bonchev–Trinajstić information content (AvgIpc) is 2.79. The molecule has 1 saturated heterocycles. The van der Waals surface area contributed by atoms with Crippen molar-refractivity contribution in [2.24, 2.45) is 0 Å². The van der Waals surface area contributed by atoms with Gasteiger partial charge in [-0.05, 0) is 6.07 Å². The van der Waals surface area contributed by atoms with Gasteiger partial charge in [-0.2, -0.15) is 4.31 Å². The Labute approximate surface area is 107 Å². The normalized spacial score (nSPS) is 17.4. The first-order chi connectivity index (χ1) is 8.41. The standard InChI is InChI=1S/C9H10N2O5S2/c12-8-4-11(2-1-10-8)18(15,16)6-3-7(9(13)14)17-5-6/h3,5H,1-2,4H2,(H,10,12)(H,13,14). The van der Waals surface area contributed by atoms with Crippen LogP contribution in [0, 0.1) is 0 Å². The number of carboxylic acids is 1. The number of aromatic carboxylic acids is 1. The molecule has 0 bridgehead atoms. The number of carbonyl (C=O) groups excluding carboxylic acids is 1. The first-order valence-electron chi connectivity index (χ1n) is 5.00. The summed E-state index contributed by atoms with van der Waals surface area (Å²) in [7, 11) is -3.79. The second-order valence-electron chi connectivity index (χ2n) is 3.64. The molecular weight excluding hydrogens is 280 g/mol. The van der Waals surface area contributed by atoms with E-state index < -0.39 is 16.0 Å². The van der Waals surface area contributed by atoms with Crippen molar-refractivity contribution >= 4 is 33.2 Å². The number of hydrogen-bond acceptors (Lipinski definition) is 5. The number of hydrogen-bond donors (Lipinski definition) is 2. The van der Waals surface area contributed by atoms with Crippen LogP contribution >= 0.6 is 11.3 Å². The maximum Gasteiger partial charge on any atom is 0.345 e. The van der Waals surface area contributed by atoms with Crippen LogP contribution in [0.3, 0.4) is 0 Å². The first kappa shape index (κ1) is 13.0. The molecular formula is C9H10N2O5S2. The molecule has 1 fully saturated rings. The van der Waals surface area contributed by atoms with Crippen molar-refractivity contribution in [1.29, 1.82) is 0 Å². The van der Waals surface area contributed by atoms with E-state index in [0.29, 0.717) is 0 Å². The van der Waals surface area contributed by atoms with Gasteiger partial charge in [-0.3, -0.25) is 4.79 Å². The van der Waals surface area contributed by atoms with Gasteiger partial charge in [-0.15, -0.1) is 11.3 Å². The molecule has 0 spiro atoms. The molecule has 0 aliphatic carbocycles. The van der Waals surface area contributed by atoms with Gasteiger partial charge in [0.2, 0.25) is 15.9 Å². The van der Waals surface area contributed by atoms with Gasteiger partial charge in [-0.1, -0.05) is 0 Å². The number of thiophene rings is 1. The van der Waals surface area contributed by atoms with Crippen molar-refractivity contribution in [2.75, 3.05) is 19.6 Å². The zero-order valence-corrected chi connectivity index (χ0v) is 10.8. The maximum absolute atomic E-state index is 12.1. The zero-order chi connectivity index (χ0) is 13.3. The SMILES string of the molecule is O=C1CN(S(=O)(=O)c2csc(C(=O)O)c2)CCN1. The number of amides is 1. The lowest BCUT2D eigenvalue weighted by Gasteiger charge is -2.25. The van der Waals surface area contributed by atoms with Gasteiger partial charge in [-0.25, -0.2) is 13.2 Å². The summed E-state index contributed by atoms with van der Waals surface area (Å²) in [4.78, 5) is 21.7. The van der Waals surface area contributed by atoms with E-state index in [9.17, 15) is 18.0 Å². The van der Waals surface area contributed by atoms with Crippen LogP contribution in [0.25, 0.3) is 0 Å². The molecule has 0 atom stereocenters. The lowest BCUT2D eigenvalue weighted by molar-refractivity contribution is -0.122. The van der Waals surface area contributed by atoms with Crippen LogP contribution < -0.4 is 5.32 Å². The number of sulfonamides is 1. The van der Waals surface area contributed by atoms with Gasteiger partial charge >= 0.3 is 5.97 Å². The molecule has 0 saturated carbocycles. The summed E-state index contributed by atoms with van der Waals surface area (Å²) in [6.45, 7) is 0.209. The highest BCUT2D eigenvalue weighted by atomic mass is 32.2. The fourth-order valence-corrected chi connectivity index (χ4v) is 4.03. The van der Waals surface area contributed by atoms with Gasteiger partial charge in [0.25, 0.3) is 0 Å². The van der Waals surface area contributed by atoms with E-state index in [-0.39, 0.29) is 35.3 Å². The van der Waals surface area contributed by atoms with Crippen molar-refractivity contribution in [2.45, 2.75) is 4.90 Å². The highest BCUT2D eigenvalue weighted by Gasteiger charge is 2.30. The summed E-state index contributed by atoms with van der Waals surface area (Å²) in [5, 5.41) is 12.5. The van der Waals surface area contributed by atoms with Gasteiger partial charge in [0.15, 0.2) is 0 Å². The van der Waals surface area contributed by atoms with Crippen molar-refractivity contribution in [3.63, 3.8) is 0 Å². The zero-order valence-electron chi connectivity index (χ0n) is 9.12. The third-order valence-corrected chi connectivity index (χ3v) is 5.32. The predicted octanol–water partition coefficient (Wildman–Crippen LogP) is -0.433. The molecule has 98 valence electrons. The summed E-state index contributed by atoms with van der Waals surface area (Å²) in [5.74, 6) is -1.53. The fraction of sp³-hybridized carbons (Fsp3) is 0.333. The quantitative estimate of drug-likeness (QED) is 0.786. The Morgan fingerprint density at radius 1 is 1.50 bits per heavy atom. The Bertz CT molecular complexity index is 592. The number of rotatable bonds is 3. The Morgan fingerprint density at radius 2 is 2.22 bits per heavy atom. The molecule has 2 N–H and O–H groups in total. The summed E-state index contributed by atoms with van der Waals surface area (Å²) < 4.78 is 25.3. The van der Waals surface area contributed by atoms with E-state index in [0.717, 1.165) is 21.7 Å². The molecule has 7 nitrogen and oxygen atoms in total. The summed E-state index contributed by atoms with van der Waals surface area (Å²) in [6.07, 6.45) is 0. The minimum atomic E-state index is -3.79. The van der Waals surface area contributed by atoms with Crippen LogP contribution in [0.5, 0.6) is 0 Å². The average molecular weight is 290 g/mol. The minimum absolute atomic E-state index is 0.0463. The van der Waals surface area contributed by atoms with Gasteiger partial charge in [0.1, 0.15) is 4.88 Å². The minimum Gasteiger partial charge on any atom is -0.477 e. The highest BCUT2D eigenvalue weighted by Crippen LogP contribution is 2.23. The summed E-state index contributed by atoms with van der Waals surface area (Å²) in [6, 6.07) is 1.11. The second kappa shape index (κ2) is 4.67. The van der Waals surface area contributed by atoms with E-state index in [1.54, 1.807) is 0 Å². The molecule has 1 aromatic heterocycles. The van der Waals surface area contributed by atoms with E-state index >= 15 is 0 Å². The predicted molar refractivity (Wildman–Crippen MR) is 63.0 cm³/mol. The lowest BCUT2D eigenvalue weighted by Crippen LogP contribution is -2.49. The van der Waals surface area contributed by atoms with E-state index in [2.05, 4.69) is 5.32 Å². The Morgan fingerprint density at radius 3 is 2.78 bits per heavy atom. The molecule has 0 aromatic carbocycles. The van der Waals surface area contributed by atoms with Crippen LogP contribution in [-0.2, 0) is 14.8 Å². The molecule has 0 unspecified atom stereocenters. The van der Waals surface area contributed by atoms with Crippen LogP contribution in [0.4, 0.5) is 0 Å². The number of piperazine rings is 1. The molecule has 1 amide bonds. The van der Waals surface area contributed by atoms with Crippen molar-refractivity contribution in [1.82, 2.24) is 9.62 Å². The second-order valence-corrected chi connectivity index (χ2v) is 6.49. The maximum atomic E-state index is 12.1. The topological polar surface area (TPSA) is 104 Å². The van der Waals surface area contributed by atoms with E-state index in [1.165, 1.54) is 5.38 Å². The number of nitrogens with zero attached hydrogens (tertiary/aromatic N) is 1. The monoisotopic (exact) mass is 290 g/mol. The Balaban J connectivity index is 2.29. The van der Waals surface area contributed by atoms with Crippen LogP contribution in [0.1, 0.15) is 9.67 Å². The highest BCUT2D eigenvalue weighted by molar-refractivity contribution is 7.89.